The van der Waals surface area contributed by atoms with Gasteiger partial charge in [0, 0.05) is 18.5 Å². The van der Waals surface area contributed by atoms with Crippen LogP contribution in [0.4, 0.5) is 5.82 Å². The van der Waals surface area contributed by atoms with E-state index in [1.54, 1.807) is 0 Å². The standard InChI is InChI=1S/C14H21N5O/c1-9-10(2)18-19-13(11(9)8-15)16-7-6-12(20)17-14(3,4)5/h6-7H2,1-5H3,(H,16,19)(H,17,20). The van der Waals surface area contributed by atoms with Crippen LogP contribution in [0.25, 0.3) is 0 Å². The first-order valence-electron chi connectivity index (χ1n) is 6.53. The number of anilines is 1. The Morgan fingerprint density at radius 2 is 1.95 bits per heavy atom. The van der Waals surface area contributed by atoms with Crippen LogP contribution in [-0.2, 0) is 4.79 Å². The maximum atomic E-state index is 11.7. The predicted octanol–water partition coefficient (Wildman–Crippen LogP) is 1.68. The summed E-state index contributed by atoms with van der Waals surface area (Å²) in [6, 6.07) is 2.12. The smallest absolute Gasteiger partial charge is 0.222 e. The molecule has 0 fully saturated rings. The first kappa shape index (κ1) is 15.9. The highest BCUT2D eigenvalue weighted by atomic mass is 16.1. The molecular weight excluding hydrogens is 254 g/mol. The Labute approximate surface area is 119 Å². The zero-order valence-electron chi connectivity index (χ0n) is 12.7. The highest BCUT2D eigenvalue weighted by Gasteiger charge is 2.14. The second kappa shape index (κ2) is 6.33. The van der Waals surface area contributed by atoms with Crippen molar-refractivity contribution in [3.05, 3.63) is 16.8 Å². The Hall–Kier alpha value is -2.16. The molecule has 0 saturated heterocycles. The summed E-state index contributed by atoms with van der Waals surface area (Å²) in [5.74, 6) is 0.388. The fourth-order valence-electron chi connectivity index (χ4n) is 1.64. The quantitative estimate of drug-likeness (QED) is 0.872. The number of aryl methyl sites for hydroxylation is 1. The second-order valence-corrected chi connectivity index (χ2v) is 5.72. The highest BCUT2D eigenvalue weighted by molar-refractivity contribution is 5.77. The van der Waals surface area contributed by atoms with Gasteiger partial charge in [-0.2, -0.15) is 10.4 Å². The first-order chi connectivity index (χ1) is 9.24. The number of nitrogens with one attached hydrogen (secondary N) is 2. The van der Waals surface area contributed by atoms with Crippen LogP contribution >= 0.6 is 0 Å². The zero-order chi connectivity index (χ0) is 15.3. The highest BCUT2D eigenvalue weighted by Crippen LogP contribution is 2.16. The zero-order valence-corrected chi connectivity index (χ0v) is 12.7. The van der Waals surface area contributed by atoms with Crippen LogP contribution in [0.3, 0.4) is 0 Å². The molecule has 0 aromatic carbocycles. The molecule has 0 aliphatic rings. The Kier molecular flexibility index (Phi) is 5.03. The number of hydrogen-bond donors (Lipinski definition) is 2. The molecule has 2 N–H and O–H groups in total. The number of nitrogens with zero attached hydrogens (tertiary/aromatic N) is 3. The van der Waals surface area contributed by atoms with Crippen LogP contribution in [0, 0.1) is 25.2 Å². The van der Waals surface area contributed by atoms with E-state index in [1.165, 1.54) is 0 Å². The molecule has 1 aromatic rings. The molecule has 6 nitrogen and oxygen atoms in total. The third-order valence-electron chi connectivity index (χ3n) is 2.73. The SMILES string of the molecule is Cc1nnc(NCCC(=O)NC(C)(C)C)c(C#N)c1C. The van der Waals surface area contributed by atoms with E-state index in [0.29, 0.717) is 24.3 Å². The maximum absolute atomic E-state index is 11.7. The van der Waals surface area contributed by atoms with Crippen molar-refractivity contribution in [2.24, 2.45) is 0 Å². The van der Waals surface area contributed by atoms with E-state index < -0.39 is 0 Å². The average molecular weight is 275 g/mol. The van der Waals surface area contributed by atoms with Gasteiger partial charge in [-0.3, -0.25) is 4.79 Å². The molecule has 0 aliphatic heterocycles. The van der Waals surface area contributed by atoms with Crippen molar-refractivity contribution in [1.82, 2.24) is 15.5 Å². The fraction of sp³-hybridized carbons (Fsp3) is 0.571. The van der Waals surface area contributed by atoms with E-state index in [0.717, 1.165) is 11.3 Å². The number of aromatic nitrogens is 2. The van der Waals surface area contributed by atoms with Crippen LogP contribution in [-0.4, -0.2) is 28.2 Å². The van der Waals surface area contributed by atoms with Crippen molar-refractivity contribution in [1.29, 1.82) is 5.26 Å². The maximum Gasteiger partial charge on any atom is 0.222 e. The molecular formula is C14H21N5O. The van der Waals surface area contributed by atoms with E-state index in [1.807, 2.05) is 34.6 Å². The van der Waals surface area contributed by atoms with Crippen LogP contribution in [0.1, 0.15) is 44.0 Å². The molecule has 20 heavy (non-hydrogen) atoms. The van der Waals surface area contributed by atoms with Gasteiger partial charge in [-0.15, -0.1) is 5.10 Å². The van der Waals surface area contributed by atoms with Gasteiger partial charge < -0.3 is 10.6 Å². The lowest BCUT2D eigenvalue weighted by Gasteiger charge is -2.20. The van der Waals surface area contributed by atoms with Crippen molar-refractivity contribution < 1.29 is 4.79 Å². The van der Waals surface area contributed by atoms with Gasteiger partial charge in [0.25, 0.3) is 0 Å². The van der Waals surface area contributed by atoms with Crippen molar-refractivity contribution in [3.63, 3.8) is 0 Å². The number of nitriles is 1. The van der Waals surface area contributed by atoms with Crippen molar-refractivity contribution in [2.45, 2.75) is 46.6 Å². The molecule has 1 heterocycles. The third kappa shape index (κ3) is 4.50. The van der Waals surface area contributed by atoms with Gasteiger partial charge in [-0.05, 0) is 40.2 Å². The summed E-state index contributed by atoms with van der Waals surface area (Å²) >= 11 is 0. The number of amides is 1. The Balaban J connectivity index is 2.62. The molecule has 108 valence electrons. The summed E-state index contributed by atoms with van der Waals surface area (Å²) in [7, 11) is 0. The van der Waals surface area contributed by atoms with Gasteiger partial charge in [0.15, 0.2) is 5.82 Å². The van der Waals surface area contributed by atoms with E-state index in [2.05, 4.69) is 26.9 Å². The lowest BCUT2D eigenvalue weighted by molar-refractivity contribution is -0.122. The number of carbonyl (C=O) groups is 1. The van der Waals surface area contributed by atoms with Gasteiger partial charge in [0.05, 0.1) is 5.69 Å². The lowest BCUT2D eigenvalue weighted by atomic mass is 10.1. The molecule has 1 amide bonds. The van der Waals surface area contributed by atoms with Crippen LogP contribution in [0.5, 0.6) is 0 Å². The molecule has 0 saturated carbocycles. The van der Waals surface area contributed by atoms with Crippen molar-refractivity contribution >= 4 is 11.7 Å². The fourth-order valence-corrected chi connectivity index (χ4v) is 1.64. The predicted molar refractivity (Wildman–Crippen MR) is 77.2 cm³/mol. The molecule has 0 radical (unpaired) electrons. The first-order valence-corrected chi connectivity index (χ1v) is 6.53. The van der Waals surface area contributed by atoms with E-state index in [9.17, 15) is 4.79 Å². The van der Waals surface area contributed by atoms with Gasteiger partial charge in [-0.1, -0.05) is 0 Å². The minimum absolute atomic E-state index is 0.0414. The van der Waals surface area contributed by atoms with Crippen molar-refractivity contribution in [3.8, 4) is 6.07 Å². The Bertz CT molecular complexity index is 540. The third-order valence-corrected chi connectivity index (χ3v) is 2.73. The Morgan fingerprint density at radius 3 is 2.50 bits per heavy atom. The minimum Gasteiger partial charge on any atom is -0.367 e. The molecule has 1 aromatic heterocycles. The summed E-state index contributed by atoms with van der Waals surface area (Å²) in [5.41, 5.74) is 1.78. The number of hydrogen-bond acceptors (Lipinski definition) is 5. The van der Waals surface area contributed by atoms with Gasteiger partial charge >= 0.3 is 0 Å². The Morgan fingerprint density at radius 1 is 1.30 bits per heavy atom. The molecule has 0 bridgehead atoms. The topological polar surface area (TPSA) is 90.7 Å². The van der Waals surface area contributed by atoms with Gasteiger partial charge in [0.1, 0.15) is 11.6 Å². The monoisotopic (exact) mass is 275 g/mol. The molecule has 0 spiro atoms. The molecule has 0 atom stereocenters. The van der Waals surface area contributed by atoms with Crippen LogP contribution in [0.15, 0.2) is 0 Å². The molecule has 0 unspecified atom stereocenters. The summed E-state index contributed by atoms with van der Waals surface area (Å²) in [4.78, 5) is 11.7. The summed E-state index contributed by atoms with van der Waals surface area (Å²) in [5, 5.41) is 23.0. The largest absolute Gasteiger partial charge is 0.367 e. The van der Waals surface area contributed by atoms with Crippen molar-refractivity contribution in [2.75, 3.05) is 11.9 Å². The summed E-state index contributed by atoms with van der Waals surface area (Å²) < 4.78 is 0. The molecule has 1 rings (SSSR count). The minimum atomic E-state index is -0.241. The van der Waals surface area contributed by atoms with E-state index >= 15 is 0 Å². The van der Waals surface area contributed by atoms with E-state index in [-0.39, 0.29) is 11.4 Å². The molecule has 0 aliphatic carbocycles. The van der Waals surface area contributed by atoms with Gasteiger partial charge in [-0.25, -0.2) is 0 Å². The molecule has 6 heteroatoms. The van der Waals surface area contributed by atoms with Crippen LogP contribution in [0.2, 0.25) is 0 Å². The van der Waals surface area contributed by atoms with Gasteiger partial charge in [0.2, 0.25) is 5.91 Å². The lowest BCUT2D eigenvalue weighted by Crippen LogP contribution is -2.41. The summed E-state index contributed by atoms with van der Waals surface area (Å²) in [6.07, 6.45) is 0.316. The number of rotatable bonds is 4. The second-order valence-electron chi connectivity index (χ2n) is 5.72. The number of carbonyl (C=O) groups excluding carboxylic acids is 1. The average Bonchev–Trinajstić information content (AvgIpc) is 2.31. The van der Waals surface area contributed by atoms with Crippen LogP contribution < -0.4 is 10.6 Å². The normalized spacial score (nSPS) is 10.8. The van der Waals surface area contributed by atoms with E-state index in [4.69, 9.17) is 5.26 Å². The summed E-state index contributed by atoms with van der Waals surface area (Å²) in [6.45, 7) is 9.85.